The van der Waals surface area contributed by atoms with Crippen LogP contribution in [0.2, 0.25) is 5.02 Å². The zero-order valence-electron chi connectivity index (χ0n) is 14.2. The Kier molecular flexibility index (Phi) is 5.57. The molecule has 0 saturated carbocycles. The molecule has 24 heavy (non-hydrogen) atoms. The van der Waals surface area contributed by atoms with Gasteiger partial charge in [-0.15, -0.1) is 11.3 Å². The number of carbonyl (C=O) groups excluding carboxylic acids is 1. The van der Waals surface area contributed by atoms with Crippen molar-refractivity contribution >= 4 is 28.8 Å². The highest BCUT2D eigenvalue weighted by Crippen LogP contribution is 2.32. The van der Waals surface area contributed by atoms with Crippen molar-refractivity contribution in [2.24, 2.45) is 0 Å². The van der Waals surface area contributed by atoms with Crippen LogP contribution in [0.25, 0.3) is 0 Å². The molecular formula is C19H23ClN2OS. The number of thiazole rings is 1. The molecule has 1 aromatic carbocycles. The van der Waals surface area contributed by atoms with Gasteiger partial charge in [0.1, 0.15) is 0 Å². The van der Waals surface area contributed by atoms with E-state index in [1.807, 2.05) is 40.5 Å². The minimum Gasteiger partial charge on any atom is -0.343 e. The Bertz CT molecular complexity index is 700. The van der Waals surface area contributed by atoms with Crippen molar-refractivity contribution in [3.05, 3.63) is 50.4 Å². The quantitative estimate of drug-likeness (QED) is 0.786. The molecule has 2 aromatic rings. The predicted octanol–water partition coefficient (Wildman–Crippen LogP) is 4.75. The van der Waals surface area contributed by atoms with Gasteiger partial charge in [0, 0.05) is 35.3 Å². The first-order valence-corrected chi connectivity index (χ1v) is 9.69. The molecule has 0 spiro atoms. The Hall–Kier alpha value is -1.39. The molecule has 0 atom stereocenters. The molecule has 128 valence electrons. The molecule has 1 amide bonds. The lowest BCUT2D eigenvalue weighted by Crippen LogP contribution is -2.38. The summed E-state index contributed by atoms with van der Waals surface area (Å²) in [6.45, 7) is 5.87. The molecule has 3 rings (SSSR count). The zero-order chi connectivity index (χ0) is 17.1. The van der Waals surface area contributed by atoms with Crippen LogP contribution in [-0.4, -0.2) is 28.9 Å². The van der Waals surface area contributed by atoms with Gasteiger partial charge in [0.25, 0.3) is 0 Å². The van der Waals surface area contributed by atoms with E-state index >= 15 is 0 Å². The summed E-state index contributed by atoms with van der Waals surface area (Å²) in [6, 6.07) is 7.76. The summed E-state index contributed by atoms with van der Waals surface area (Å²) < 4.78 is 0. The number of benzene rings is 1. The number of piperidine rings is 1. The number of nitrogens with zero attached hydrogens (tertiary/aromatic N) is 2. The van der Waals surface area contributed by atoms with Crippen LogP contribution in [0.5, 0.6) is 0 Å². The molecule has 0 radical (unpaired) electrons. The van der Waals surface area contributed by atoms with E-state index in [4.69, 9.17) is 11.6 Å². The molecule has 0 bridgehead atoms. The molecule has 1 fully saturated rings. The maximum absolute atomic E-state index is 12.5. The van der Waals surface area contributed by atoms with Gasteiger partial charge in [-0.25, -0.2) is 4.98 Å². The van der Waals surface area contributed by atoms with E-state index in [9.17, 15) is 4.79 Å². The summed E-state index contributed by atoms with van der Waals surface area (Å²) >= 11 is 7.97. The molecule has 1 aromatic heterocycles. The summed E-state index contributed by atoms with van der Waals surface area (Å²) in [7, 11) is 0. The largest absolute Gasteiger partial charge is 0.343 e. The summed E-state index contributed by atoms with van der Waals surface area (Å²) in [4.78, 5) is 20.5. The summed E-state index contributed by atoms with van der Waals surface area (Å²) in [5, 5.41) is 1.99. The summed E-state index contributed by atoms with van der Waals surface area (Å²) in [5.74, 6) is 0.745. The van der Waals surface area contributed by atoms with Gasteiger partial charge in [0.2, 0.25) is 5.91 Å². The van der Waals surface area contributed by atoms with Crippen molar-refractivity contribution in [2.75, 3.05) is 13.1 Å². The van der Waals surface area contributed by atoms with E-state index in [0.29, 0.717) is 18.8 Å². The van der Waals surface area contributed by atoms with Crippen LogP contribution >= 0.6 is 22.9 Å². The normalized spacial score (nSPS) is 15.7. The van der Waals surface area contributed by atoms with Crippen LogP contribution in [0.15, 0.2) is 24.3 Å². The van der Waals surface area contributed by atoms with Crippen molar-refractivity contribution in [2.45, 2.75) is 45.4 Å². The van der Waals surface area contributed by atoms with E-state index in [1.54, 1.807) is 0 Å². The van der Waals surface area contributed by atoms with Crippen molar-refractivity contribution in [3.8, 4) is 0 Å². The second-order valence-corrected chi connectivity index (χ2v) is 8.08. The van der Waals surface area contributed by atoms with Gasteiger partial charge in [0.15, 0.2) is 0 Å². The standard InChI is InChI=1S/C19H23ClN2OS/c1-13-14(2)24-19(21-13)16-9-11-22(12-10-16)18(23)8-7-15-5-3-4-6-17(15)20/h3-6,16H,7-12H2,1-2H3. The van der Waals surface area contributed by atoms with Crippen LogP contribution in [-0.2, 0) is 11.2 Å². The average Bonchev–Trinajstić information content (AvgIpc) is 2.93. The second kappa shape index (κ2) is 7.66. The van der Waals surface area contributed by atoms with E-state index in [2.05, 4.69) is 18.8 Å². The van der Waals surface area contributed by atoms with E-state index in [0.717, 1.165) is 42.2 Å². The molecule has 5 heteroatoms. The minimum absolute atomic E-state index is 0.236. The van der Waals surface area contributed by atoms with Crippen molar-refractivity contribution in [3.63, 3.8) is 0 Å². The predicted molar refractivity (Wildman–Crippen MR) is 99.9 cm³/mol. The first-order chi connectivity index (χ1) is 11.5. The van der Waals surface area contributed by atoms with E-state index < -0.39 is 0 Å². The fourth-order valence-corrected chi connectivity index (χ4v) is 4.47. The Labute approximate surface area is 152 Å². The highest BCUT2D eigenvalue weighted by molar-refractivity contribution is 7.11. The number of carbonyl (C=O) groups is 1. The summed E-state index contributed by atoms with van der Waals surface area (Å²) in [6.07, 6.45) is 3.28. The molecule has 1 aliphatic heterocycles. The van der Waals surface area contributed by atoms with Crippen molar-refractivity contribution < 1.29 is 4.79 Å². The molecule has 2 heterocycles. The van der Waals surface area contributed by atoms with Crippen LogP contribution in [0.3, 0.4) is 0 Å². The van der Waals surface area contributed by atoms with Gasteiger partial charge < -0.3 is 4.90 Å². The number of hydrogen-bond acceptors (Lipinski definition) is 3. The molecule has 1 aliphatic rings. The molecule has 1 saturated heterocycles. The Morgan fingerprint density at radius 1 is 1.29 bits per heavy atom. The third-order valence-corrected chi connectivity index (χ3v) is 6.41. The summed E-state index contributed by atoms with van der Waals surface area (Å²) in [5.41, 5.74) is 2.20. The van der Waals surface area contributed by atoms with Crippen molar-refractivity contribution in [1.82, 2.24) is 9.88 Å². The Morgan fingerprint density at radius 2 is 2.00 bits per heavy atom. The van der Waals surface area contributed by atoms with Crippen molar-refractivity contribution in [1.29, 1.82) is 0 Å². The highest BCUT2D eigenvalue weighted by Gasteiger charge is 2.25. The number of amides is 1. The molecule has 0 N–H and O–H groups in total. The van der Waals surface area contributed by atoms with Crippen LogP contribution in [0.1, 0.15) is 46.3 Å². The van der Waals surface area contributed by atoms with Gasteiger partial charge in [-0.3, -0.25) is 4.79 Å². The van der Waals surface area contributed by atoms with Gasteiger partial charge in [-0.05, 0) is 44.7 Å². The third-order valence-electron chi connectivity index (χ3n) is 4.81. The first kappa shape index (κ1) is 17.4. The smallest absolute Gasteiger partial charge is 0.222 e. The van der Waals surface area contributed by atoms with Gasteiger partial charge >= 0.3 is 0 Å². The maximum Gasteiger partial charge on any atom is 0.222 e. The van der Waals surface area contributed by atoms with Crippen LogP contribution < -0.4 is 0 Å². The minimum atomic E-state index is 0.236. The number of likely N-dealkylation sites (tertiary alicyclic amines) is 1. The lowest BCUT2D eigenvalue weighted by Gasteiger charge is -2.31. The first-order valence-electron chi connectivity index (χ1n) is 8.49. The average molecular weight is 363 g/mol. The van der Waals surface area contributed by atoms with Gasteiger partial charge in [0.05, 0.1) is 10.7 Å². The van der Waals surface area contributed by atoms with E-state index in [-0.39, 0.29) is 5.91 Å². The van der Waals surface area contributed by atoms with Gasteiger partial charge in [-0.1, -0.05) is 29.8 Å². The lowest BCUT2D eigenvalue weighted by atomic mass is 9.97. The molecule has 0 unspecified atom stereocenters. The number of halogens is 1. The Balaban J connectivity index is 1.51. The maximum atomic E-state index is 12.5. The molecule has 3 nitrogen and oxygen atoms in total. The Morgan fingerprint density at radius 3 is 2.62 bits per heavy atom. The number of rotatable bonds is 4. The topological polar surface area (TPSA) is 33.2 Å². The fourth-order valence-electron chi connectivity index (χ4n) is 3.15. The lowest BCUT2D eigenvalue weighted by molar-refractivity contribution is -0.132. The molecule has 0 aliphatic carbocycles. The second-order valence-electron chi connectivity index (χ2n) is 6.44. The highest BCUT2D eigenvalue weighted by atomic mass is 35.5. The monoisotopic (exact) mass is 362 g/mol. The van der Waals surface area contributed by atoms with E-state index in [1.165, 1.54) is 9.88 Å². The van der Waals surface area contributed by atoms with Crippen LogP contribution in [0, 0.1) is 13.8 Å². The number of hydrogen-bond donors (Lipinski definition) is 0. The molecular weight excluding hydrogens is 340 g/mol. The fraction of sp³-hybridized carbons (Fsp3) is 0.474. The number of aromatic nitrogens is 1. The zero-order valence-corrected chi connectivity index (χ0v) is 15.8. The third kappa shape index (κ3) is 3.98. The van der Waals surface area contributed by atoms with Crippen LogP contribution in [0.4, 0.5) is 0 Å². The number of aryl methyl sites for hydroxylation is 3. The van der Waals surface area contributed by atoms with Gasteiger partial charge in [-0.2, -0.15) is 0 Å². The SMILES string of the molecule is Cc1nc(C2CCN(C(=O)CCc3ccccc3Cl)CC2)sc1C.